The van der Waals surface area contributed by atoms with Gasteiger partial charge in [0.25, 0.3) is 0 Å². The summed E-state index contributed by atoms with van der Waals surface area (Å²) >= 11 is 0. The van der Waals surface area contributed by atoms with Gasteiger partial charge in [-0.25, -0.2) is 0 Å². The van der Waals surface area contributed by atoms with Gasteiger partial charge in [0.2, 0.25) is 5.91 Å². The van der Waals surface area contributed by atoms with E-state index in [0.717, 1.165) is 6.42 Å². The van der Waals surface area contributed by atoms with Crippen molar-refractivity contribution in [1.82, 2.24) is 5.32 Å². The fourth-order valence-corrected chi connectivity index (χ4v) is 1.62. The van der Waals surface area contributed by atoms with Gasteiger partial charge in [0.1, 0.15) is 0 Å². The van der Waals surface area contributed by atoms with Crippen LogP contribution in [0.25, 0.3) is 0 Å². The third-order valence-electron chi connectivity index (χ3n) is 2.29. The molecule has 0 fully saturated rings. The molecule has 0 radical (unpaired) electrons. The van der Waals surface area contributed by atoms with Gasteiger partial charge in [-0.2, -0.15) is 0 Å². The van der Waals surface area contributed by atoms with Crippen molar-refractivity contribution in [2.45, 2.75) is 39.2 Å². The minimum atomic E-state index is -0.172. The van der Waals surface area contributed by atoms with Crippen LogP contribution in [0.3, 0.4) is 0 Å². The first-order valence-corrected chi connectivity index (χ1v) is 5.38. The van der Waals surface area contributed by atoms with Crippen molar-refractivity contribution < 1.29 is 4.79 Å². The Labute approximate surface area is 91.7 Å². The maximum absolute atomic E-state index is 11.3. The number of benzene rings is 1. The standard InChI is InChI=1S/C13H19NO/c1-4-12(15)14-13(2,3)10-11-8-6-5-7-9-11/h5-9H,4,10H2,1-3H3,(H,14,15). The summed E-state index contributed by atoms with van der Waals surface area (Å²) in [7, 11) is 0. The lowest BCUT2D eigenvalue weighted by atomic mass is 9.95. The Kier molecular flexibility index (Phi) is 3.89. The molecule has 1 amide bonds. The molecule has 0 aliphatic rings. The van der Waals surface area contributed by atoms with E-state index in [2.05, 4.69) is 17.4 Å². The van der Waals surface area contributed by atoms with Crippen LogP contribution in [0.5, 0.6) is 0 Å². The number of carbonyl (C=O) groups excluding carboxylic acids is 1. The molecule has 1 aromatic carbocycles. The fourth-order valence-electron chi connectivity index (χ4n) is 1.62. The van der Waals surface area contributed by atoms with Crippen LogP contribution in [0, 0.1) is 0 Å². The SMILES string of the molecule is CCC(=O)NC(C)(C)Cc1ccccc1. The van der Waals surface area contributed by atoms with E-state index in [0.29, 0.717) is 6.42 Å². The van der Waals surface area contributed by atoms with Crippen LogP contribution < -0.4 is 5.32 Å². The van der Waals surface area contributed by atoms with E-state index in [9.17, 15) is 4.79 Å². The van der Waals surface area contributed by atoms with Gasteiger partial charge in [0.05, 0.1) is 0 Å². The minimum Gasteiger partial charge on any atom is -0.351 e. The van der Waals surface area contributed by atoms with E-state index < -0.39 is 0 Å². The van der Waals surface area contributed by atoms with Crippen LogP contribution in [0.1, 0.15) is 32.8 Å². The number of hydrogen-bond acceptors (Lipinski definition) is 1. The molecule has 0 saturated heterocycles. The van der Waals surface area contributed by atoms with E-state index in [1.165, 1.54) is 5.56 Å². The number of amides is 1. The molecule has 0 spiro atoms. The molecule has 0 aliphatic heterocycles. The van der Waals surface area contributed by atoms with Gasteiger partial charge in [-0.15, -0.1) is 0 Å². The lowest BCUT2D eigenvalue weighted by Crippen LogP contribution is -2.44. The van der Waals surface area contributed by atoms with Gasteiger partial charge in [-0.05, 0) is 25.8 Å². The highest BCUT2D eigenvalue weighted by atomic mass is 16.1. The zero-order chi connectivity index (χ0) is 11.3. The summed E-state index contributed by atoms with van der Waals surface area (Å²) in [6, 6.07) is 10.2. The minimum absolute atomic E-state index is 0.107. The first kappa shape index (κ1) is 11.8. The second-order valence-electron chi connectivity index (χ2n) is 4.45. The maximum atomic E-state index is 11.3. The Hall–Kier alpha value is -1.31. The summed E-state index contributed by atoms with van der Waals surface area (Å²) in [6.45, 7) is 5.97. The number of nitrogens with one attached hydrogen (secondary N) is 1. The van der Waals surface area contributed by atoms with Crippen molar-refractivity contribution in [3.8, 4) is 0 Å². The lowest BCUT2D eigenvalue weighted by Gasteiger charge is -2.26. The second kappa shape index (κ2) is 4.96. The highest BCUT2D eigenvalue weighted by Crippen LogP contribution is 2.12. The van der Waals surface area contributed by atoms with Crippen LogP contribution in [0.2, 0.25) is 0 Å². The van der Waals surface area contributed by atoms with Gasteiger partial charge in [-0.3, -0.25) is 4.79 Å². The van der Waals surface area contributed by atoms with Gasteiger partial charge in [0.15, 0.2) is 0 Å². The molecule has 2 heteroatoms. The molecule has 0 aliphatic carbocycles. The molecule has 1 N–H and O–H groups in total. The third kappa shape index (κ3) is 4.15. The largest absolute Gasteiger partial charge is 0.351 e. The lowest BCUT2D eigenvalue weighted by molar-refractivity contribution is -0.122. The average molecular weight is 205 g/mol. The van der Waals surface area contributed by atoms with E-state index in [1.54, 1.807) is 0 Å². The highest BCUT2D eigenvalue weighted by molar-refractivity contribution is 5.76. The molecule has 0 saturated carbocycles. The van der Waals surface area contributed by atoms with Gasteiger partial charge < -0.3 is 5.32 Å². The molecule has 82 valence electrons. The second-order valence-corrected chi connectivity index (χ2v) is 4.45. The summed E-state index contributed by atoms with van der Waals surface area (Å²) in [5, 5.41) is 3.02. The topological polar surface area (TPSA) is 29.1 Å². The Morgan fingerprint density at radius 2 is 1.87 bits per heavy atom. The zero-order valence-electron chi connectivity index (χ0n) is 9.71. The molecule has 0 atom stereocenters. The first-order chi connectivity index (χ1) is 7.03. The van der Waals surface area contributed by atoms with E-state index in [-0.39, 0.29) is 11.4 Å². The predicted octanol–water partition coefficient (Wildman–Crippen LogP) is 2.53. The predicted molar refractivity (Wildman–Crippen MR) is 62.7 cm³/mol. The average Bonchev–Trinajstić information content (AvgIpc) is 2.17. The molecule has 0 aromatic heterocycles. The summed E-state index contributed by atoms with van der Waals surface area (Å²) in [5.41, 5.74) is 1.08. The van der Waals surface area contributed by atoms with Gasteiger partial charge in [0, 0.05) is 12.0 Å². The number of hydrogen-bond donors (Lipinski definition) is 1. The maximum Gasteiger partial charge on any atom is 0.220 e. The Bertz CT molecular complexity index is 317. The molecule has 0 unspecified atom stereocenters. The molecule has 2 nitrogen and oxygen atoms in total. The molecule has 0 bridgehead atoms. The van der Waals surface area contributed by atoms with Crippen LogP contribution in [-0.4, -0.2) is 11.4 Å². The Morgan fingerprint density at radius 1 is 1.27 bits per heavy atom. The normalized spacial score (nSPS) is 11.1. The van der Waals surface area contributed by atoms with Crippen LogP contribution in [0.4, 0.5) is 0 Å². The van der Waals surface area contributed by atoms with Crippen molar-refractivity contribution in [2.24, 2.45) is 0 Å². The molecule has 1 aromatic rings. The first-order valence-electron chi connectivity index (χ1n) is 5.38. The highest BCUT2D eigenvalue weighted by Gasteiger charge is 2.19. The zero-order valence-corrected chi connectivity index (χ0v) is 9.71. The third-order valence-corrected chi connectivity index (χ3v) is 2.29. The molecule has 15 heavy (non-hydrogen) atoms. The summed E-state index contributed by atoms with van der Waals surface area (Å²) < 4.78 is 0. The van der Waals surface area contributed by atoms with Crippen molar-refractivity contribution in [1.29, 1.82) is 0 Å². The van der Waals surface area contributed by atoms with E-state index >= 15 is 0 Å². The smallest absolute Gasteiger partial charge is 0.220 e. The summed E-state index contributed by atoms with van der Waals surface area (Å²) in [5.74, 6) is 0.107. The Balaban J connectivity index is 2.60. The van der Waals surface area contributed by atoms with Crippen molar-refractivity contribution in [3.63, 3.8) is 0 Å². The van der Waals surface area contributed by atoms with Crippen molar-refractivity contribution >= 4 is 5.91 Å². The fraction of sp³-hybridized carbons (Fsp3) is 0.462. The van der Waals surface area contributed by atoms with Crippen molar-refractivity contribution in [2.75, 3.05) is 0 Å². The number of rotatable bonds is 4. The Morgan fingerprint density at radius 3 is 2.40 bits per heavy atom. The summed E-state index contributed by atoms with van der Waals surface area (Å²) in [4.78, 5) is 11.3. The van der Waals surface area contributed by atoms with Crippen LogP contribution in [-0.2, 0) is 11.2 Å². The molecular formula is C13H19NO. The van der Waals surface area contributed by atoms with Crippen LogP contribution in [0.15, 0.2) is 30.3 Å². The molecular weight excluding hydrogens is 186 g/mol. The quantitative estimate of drug-likeness (QED) is 0.804. The monoisotopic (exact) mass is 205 g/mol. The van der Waals surface area contributed by atoms with E-state index in [4.69, 9.17) is 0 Å². The van der Waals surface area contributed by atoms with Gasteiger partial charge in [-0.1, -0.05) is 37.3 Å². The van der Waals surface area contributed by atoms with Crippen LogP contribution >= 0.6 is 0 Å². The summed E-state index contributed by atoms with van der Waals surface area (Å²) in [6.07, 6.45) is 1.40. The molecule has 1 rings (SSSR count). The van der Waals surface area contributed by atoms with E-state index in [1.807, 2.05) is 39.0 Å². The molecule has 0 heterocycles. The number of carbonyl (C=O) groups is 1. The van der Waals surface area contributed by atoms with Crippen molar-refractivity contribution in [3.05, 3.63) is 35.9 Å². The van der Waals surface area contributed by atoms with Gasteiger partial charge >= 0.3 is 0 Å².